The van der Waals surface area contributed by atoms with Crippen molar-refractivity contribution in [3.8, 4) is 0 Å². The van der Waals surface area contributed by atoms with Crippen LogP contribution in [-0.2, 0) is 4.79 Å². The first-order valence-electron chi connectivity index (χ1n) is 7.46. The number of nitrogens with zero attached hydrogens (tertiary/aromatic N) is 1. The SMILES string of the molecule is CCCC1(C(=O)O)CCN(C(=O)NCC(C)(C)C)CC1. The molecule has 0 aromatic rings. The zero-order valence-corrected chi connectivity index (χ0v) is 13.2. The maximum atomic E-state index is 12.1. The van der Waals surface area contributed by atoms with Crippen LogP contribution in [0.15, 0.2) is 0 Å². The Morgan fingerprint density at radius 3 is 2.20 bits per heavy atom. The first kappa shape index (κ1) is 16.8. The molecule has 0 saturated carbocycles. The fraction of sp³-hybridized carbons (Fsp3) is 0.867. The molecule has 1 heterocycles. The summed E-state index contributed by atoms with van der Waals surface area (Å²) >= 11 is 0. The largest absolute Gasteiger partial charge is 0.481 e. The number of hydrogen-bond acceptors (Lipinski definition) is 2. The number of carboxylic acid groups (broad SMARTS) is 1. The topological polar surface area (TPSA) is 69.6 Å². The van der Waals surface area contributed by atoms with Gasteiger partial charge >= 0.3 is 12.0 Å². The Bertz CT molecular complexity index is 353. The third kappa shape index (κ3) is 4.39. The van der Waals surface area contributed by atoms with Crippen molar-refractivity contribution in [3.63, 3.8) is 0 Å². The van der Waals surface area contributed by atoms with E-state index in [1.165, 1.54) is 0 Å². The first-order chi connectivity index (χ1) is 9.20. The molecule has 0 radical (unpaired) electrons. The monoisotopic (exact) mass is 284 g/mol. The standard InChI is InChI=1S/C15H28N2O3/c1-5-6-15(12(18)19)7-9-17(10-8-15)13(20)16-11-14(2,3)4/h5-11H2,1-4H3,(H,16,20)(H,18,19). The Morgan fingerprint density at radius 1 is 1.25 bits per heavy atom. The molecule has 2 amide bonds. The summed E-state index contributed by atoms with van der Waals surface area (Å²) in [6.07, 6.45) is 2.67. The van der Waals surface area contributed by atoms with E-state index in [9.17, 15) is 14.7 Å². The van der Waals surface area contributed by atoms with Crippen molar-refractivity contribution in [1.82, 2.24) is 10.2 Å². The highest BCUT2D eigenvalue weighted by Gasteiger charge is 2.41. The molecule has 20 heavy (non-hydrogen) atoms. The molecular formula is C15H28N2O3. The van der Waals surface area contributed by atoms with E-state index in [0.717, 1.165) is 6.42 Å². The minimum absolute atomic E-state index is 0.0540. The second kappa shape index (κ2) is 6.46. The van der Waals surface area contributed by atoms with E-state index in [-0.39, 0.29) is 11.4 Å². The number of urea groups is 1. The Hall–Kier alpha value is -1.26. The van der Waals surface area contributed by atoms with Gasteiger partial charge in [0.15, 0.2) is 0 Å². The molecule has 0 unspecified atom stereocenters. The lowest BCUT2D eigenvalue weighted by molar-refractivity contribution is -0.152. The Balaban J connectivity index is 2.52. The summed E-state index contributed by atoms with van der Waals surface area (Å²) in [4.78, 5) is 25.3. The Kier molecular flexibility index (Phi) is 5.42. The number of likely N-dealkylation sites (tertiary alicyclic amines) is 1. The zero-order chi connectivity index (χ0) is 15.4. The molecule has 0 bridgehead atoms. The van der Waals surface area contributed by atoms with Crippen LogP contribution in [-0.4, -0.2) is 41.6 Å². The highest BCUT2D eigenvalue weighted by molar-refractivity contribution is 5.77. The van der Waals surface area contributed by atoms with Crippen molar-refractivity contribution >= 4 is 12.0 Å². The van der Waals surface area contributed by atoms with Gasteiger partial charge in [-0.05, 0) is 24.7 Å². The third-order valence-electron chi connectivity index (χ3n) is 3.96. The van der Waals surface area contributed by atoms with Crippen molar-refractivity contribution in [2.24, 2.45) is 10.8 Å². The van der Waals surface area contributed by atoms with Crippen LogP contribution in [0.5, 0.6) is 0 Å². The van der Waals surface area contributed by atoms with Gasteiger partial charge in [0.25, 0.3) is 0 Å². The maximum Gasteiger partial charge on any atom is 0.317 e. The van der Waals surface area contributed by atoms with E-state index in [0.29, 0.717) is 38.9 Å². The maximum absolute atomic E-state index is 12.1. The highest BCUT2D eigenvalue weighted by atomic mass is 16.4. The Morgan fingerprint density at radius 2 is 1.80 bits per heavy atom. The second-order valence-electron chi connectivity index (χ2n) is 7.04. The fourth-order valence-corrected chi connectivity index (χ4v) is 2.64. The first-order valence-corrected chi connectivity index (χ1v) is 7.46. The molecule has 1 aliphatic heterocycles. The van der Waals surface area contributed by atoms with Crippen LogP contribution in [0.4, 0.5) is 4.79 Å². The molecule has 1 fully saturated rings. The predicted molar refractivity (Wildman–Crippen MR) is 78.6 cm³/mol. The summed E-state index contributed by atoms with van der Waals surface area (Å²) in [5.74, 6) is -0.714. The molecule has 5 nitrogen and oxygen atoms in total. The number of carbonyl (C=O) groups is 2. The van der Waals surface area contributed by atoms with E-state index in [2.05, 4.69) is 26.1 Å². The fourth-order valence-electron chi connectivity index (χ4n) is 2.64. The number of hydrogen-bond donors (Lipinski definition) is 2. The van der Waals surface area contributed by atoms with Crippen LogP contribution >= 0.6 is 0 Å². The van der Waals surface area contributed by atoms with Crippen LogP contribution in [0.2, 0.25) is 0 Å². The lowest BCUT2D eigenvalue weighted by atomic mass is 9.75. The molecule has 2 N–H and O–H groups in total. The second-order valence-corrected chi connectivity index (χ2v) is 7.04. The predicted octanol–water partition coefficient (Wildman–Crippen LogP) is 2.71. The van der Waals surface area contributed by atoms with E-state index in [1.54, 1.807) is 4.90 Å². The van der Waals surface area contributed by atoms with Crippen molar-refractivity contribution < 1.29 is 14.7 Å². The summed E-state index contributed by atoms with van der Waals surface area (Å²) in [6.45, 7) is 9.90. The highest BCUT2D eigenvalue weighted by Crippen LogP contribution is 2.36. The van der Waals surface area contributed by atoms with Gasteiger partial charge in [0.1, 0.15) is 0 Å². The van der Waals surface area contributed by atoms with E-state index >= 15 is 0 Å². The van der Waals surface area contributed by atoms with E-state index < -0.39 is 11.4 Å². The van der Waals surface area contributed by atoms with Gasteiger partial charge in [-0.3, -0.25) is 4.79 Å². The summed E-state index contributed by atoms with van der Waals surface area (Å²) in [5, 5.41) is 12.4. The average Bonchev–Trinajstić information content (AvgIpc) is 2.36. The number of aliphatic carboxylic acids is 1. The molecule has 116 valence electrons. The van der Waals surface area contributed by atoms with Gasteiger partial charge in [-0.15, -0.1) is 0 Å². The van der Waals surface area contributed by atoms with Gasteiger partial charge in [0, 0.05) is 19.6 Å². The van der Waals surface area contributed by atoms with Crippen LogP contribution in [0.3, 0.4) is 0 Å². The average molecular weight is 284 g/mol. The zero-order valence-electron chi connectivity index (χ0n) is 13.2. The van der Waals surface area contributed by atoms with Crippen LogP contribution in [0, 0.1) is 10.8 Å². The van der Waals surface area contributed by atoms with Gasteiger partial charge in [-0.1, -0.05) is 34.1 Å². The van der Waals surface area contributed by atoms with Gasteiger partial charge in [-0.25, -0.2) is 4.79 Å². The van der Waals surface area contributed by atoms with Crippen LogP contribution in [0.1, 0.15) is 53.4 Å². The van der Waals surface area contributed by atoms with Crippen LogP contribution < -0.4 is 5.32 Å². The smallest absolute Gasteiger partial charge is 0.317 e. The quantitative estimate of drug-likeness (QED) is 0.834. The number of piperidine rings is 1. The molecule has 5 heteroatoms. The minimum atomic E-state index is -0.714. The van der Waals surface area contributed by atoms with Gasteiger partial charge in [-0.2, -0.15) is 0 Å². The molecule has 0 spiro atoms. The third-order valence-corrected chi connectivity index (χ3v) is 3.96. The molecule has 1 aliphatic rings. The molecule has 1 saturated heterocycles. The van der Waals surface area contributed by atoms with Crippen molar-refractivity contribution in [2.45, 2.75) is 53.4 Å². The molecule has 0 aromatic carbocycles. The molecular weight excluding hydrogens is 256 g/mol. The normalized spacial score (nSPS) is 18.7. The Labute approximate surface area is 121 Å². The van der Waals surface area contributed by atoms with Crippen molar-refractivity contribution in [2.75, 3.05) is 19.6 Å². The number of carboxylic acids is 1. The number of carbonyl (C=O) groups excluding carboxylic acids is 1. The van der Waals surface area contributed by atoms with E-state index in [1.807, 2.05) is 6.92 Å². The van der Waals surface area contributed by atoms with Gasteiger partial charge in [0.05, 0.1) is 5.41 Å². The lowest BCUT2D eigenvalue weighted by Gasteiger charge is -2.39. The van der Waals surface area contributed by atoms with Crippen LogP contribution in [0.25, 0.3) is 0 Å². The summed E-state index contributed by atoms with van der Waals surface area (Å²) in [6, 6.07) is -0.0737. The number of amides is 2. The summed E-state index contributed by atoms with van der Waals surface area (Å²) < 4.78 is 0. The molecule has 0 aromatic heterocycles. The summed E-state index contributed by atoms with van der Waals surface area (Å²) in [5.41, 5.74) is -0.575. The molecule has 0 atom stereocenters. The van der Waals surface area contributed by atoms with Gasteiger partial charge < -0.3 is 15.3 Å². The van der Waals surface area contributed by atoms with Crippen molar-refractivity contribution in [3.05, 3.63) is 0 Å². The minimum Gasteiger partial charge on any atom is -0.481 e. The summed E-state index contributed by atoms with van der Waals surface area (Å²) in [7, 11) is 0. The number of rotatable bonds is 4. The van der Waals surface area contributed by atoms with Crippen molar-refractivity contribution in [1.29, 1.82) is 0 Å². The molecule has 0 aliphatic carbocycles. The van der Waals surface area contributed by atoms with E-state index in [4.69, 9.17) is 0 Å². The molecule has 1 rings (SSSR count). The lowest BCUT2D eigenvalue weighted by Crippen LogP contribution is -2.50. The number of nitrogens with one attached hydrogen (secondary N) is 1. The van der Waals surface area contributed by atoms with Gasteiger partial charge in [0.2, 0.25) is 0 Å².